The molecule has 0 bridgehead atoms. The second-order valence-electron chi connectivity index (χ2n) is 4.03. The Balaban J connectivity index is 2.14. The lowest BCUT2D eigenvalue weighted by atomic mass is 10.1. The van der Waals surface area contributed by atoms with Crippen LogP contribution >= 0.6 is 11.6 Å². The van der Waals surface area contributed by atoms with Crippen LogP contribution in [-0.2, 0) is 4.79 Å². The van der Waals surface area contributed by atoms with Crippen LogP contribution < -0.4 is 5.32 Å². The average molecular weight is 224 g/mol. The molecule has 1 aliphatic carbocycles. The van der Waals surface area contributed by atoms with Gasteiger partial charge in [0.05, 0.1) is 0 Å². The van der Waals surface area contributed by atoms with E-state index in [0.717, 1.165) is 17.2 Å². The van der Waals surface area contributed by atoms with Gasteiger partial charge in [-0.05, 0) is 42.9 Å². The summed E-state index contributed by atoms with van der Waals surface area (Å²) in [4.78, 5) is 11.1. The zero-order valence-corrected chi connectivity index (χ0v) is 9.47. The van der Waals surface area contributed by atoms with E-state index in [1.54, 1.807) is 0 Å². The van der Waals surface area contributed by atoms with Crippen molar-refractivity contribution in [3.63, 3.8) is 0 Å². The molecule has 1 amide bonds. The highest BCUT2D eigenvalue weighted by molar-refractivity contribution is 6.29. The number of benzene rings is 1. The highest BCUT2D eigenvalue weighted by Gasteiger charge is 2.23. The molecule has 1 saturated carbocycles. The average Bonchev–Trinajstić information content (AvgIpc) is 3.04. The number of hydrogen-bond acceptors (Lipinski definition) is 1. The van der Waals surface area contributed by atoms with Crippen molar-refractivity contribution in [2.75, 3.05) is 11.2 Å². The highest BCUT2D eigenvalue weighted by atomic mass is 35.5. The minimum absolute atomic E-state index is 0.00379. The molecule has 1 N–H and O–H groups in total. The Labute approximate surface area is 94.6 Å². The van der Waals surface area contributed by atoms with Crippen LogP contribution in [0.2, 0.25) is 0 Å². The van der Waals surface area contributed by atoms with Gasteiger partial charge in [0.25, 0.3) is 0 Å². The van der Waals surface area contributed by atoms with Gasteiger partial charge in [-0.1, -0.05) is 12.1 Å². The van der Waals surface area contributed by atoms with Gasteiger partial charge in [-0.2, -0.15) is 0 Å². The first-order chi connectivity index (χ1) is 7.20. The van der Waals surface area contributed by atoms with Crippen LogP contribution in [0.25, 0.3) is 0 Å². The first kappa shape index (κ1) is 10.5. The van der Waals surface area contributed by atoms with Gasteiger partial charge >= 0.3 is 0 Å². The fourth-order valence-corrected chi connectivity index (χ4v) is 1.75. The fourth-order valence-electron chi connectivity index (χ4n) is 1.68. The number of amides is 1. The molecule has 15 heavy (non-hydrogen) atoms. The van der Waals surface area contributed by atoms with Crippen molar-refractivity contribution in [2.24, 2.45) is 0 Å². The van der Waals surface area contributed by atoms with E-state index in [1.165, 1.54) is 18.4 Å². The standard InChI is InChI=1S/C12H14ClNO/c1-8-6-10(9-2-3-9)4-5-11(8)14-12(15)7-13/h4-6,9H,2-3,7H2,1H3,(H,14,15). The molecule has 0 heterocycles. The number of halogens is 1. The Morgan fingerprint density at radius 1 is 1.53 bits per heavy atom. The summed E-state index contributed by atoms with van der Waals surface area (Å²) in [6, 6.07) is 6.21. The maximum absolute atomic E-state index is 11.1. The van der Waals surface area contributed by atoms with Crippen LogP contribution in [-0.4, -0.2) is 11.8 Å². The molecule has 0 spiro atoms. The summed E-state index contributed by atoms with van der Waals surface area (Å²) >= 11 is 5.43. The number of hydrogen-bond donors (Lipinski definition) is 1. The molecule has 2 rings (SSSR count). The van der Waals surface area contributed by atoms with Crippen molar-refractivity contribution in [1.82, 2.24) is 0 Å². The number of alkyl halides is 1. The zero-order valence-electron chi connectivity index (χ0n) is 8.72. The number of carbonyl (C=O) groups is 1. The van der Waals surface area contributed by atoms with E-state index in [1.807, 2.05) is 13.0 Å². The molecule has 0 radical (unpaired) electrons. The maximum Gasteiger partial charge on any atom is 0.239 e. The topological polar surface area (TPSA) is 29.1 Å². The van der Waals surface area contributed by atoms with Crippen LogP contribution in [0, 0.1) is 6.92 Å². The Kier molecular flexibility index (Phi) is 2.96. The second-order valence-corrected chi connectivity index (χ2v) is 4.30. The normalized spacial score (nSPS) is 15.1. The van der Waals surface area contributed by atoms with Crippen LogP contribution in [0.4, 0.5) is 5.69 Å². The van der Waals surface area contributed by atoms with Gasteiger partial charge in [0, 0.05) is 5.69 Å². The summed E-state index contributed by atoms with van der Waals surface area (Å²) in [5.41, 5.74) is 3.36. The first-order valence-corrected chi connectivity index (χ1v) is 5.70. The maximum atomic E-state index is 11.1. The fraction of sp³-hybridized carbons (Fsp3) is 0.417. The Hall–Kier alpha value is -1.02. The summed E-state index contributed by atoms with van der Waals surface area (Å²) in [6.07, 6.45) is 2.60. The Bertz CT molecular complexity index is 385. The van der Waals surface area contributed by atoms with Crippen molar-refractivity contribution in [2.45, 2.75) is 25.7 Å². The molecule has 3 heteroatoms. The molecule has 1 aromatic rings. The van der Waals surface area contributed by atoms with E-state index < -0.39 is 0 Å². The minimum Gasteiger partial charge on any atom is -0.325 e. The minimum atomic E-state index is -0.154. The van der Waals surface area contributed by atoms with Gasteiger partial charge in [-0.15, -0.1) is 11.6 Å². The van der Waals surface area contributed by atoms with Crippen LogP contribution in [0.3, 0.4) is 0 Å². The summed E-state index contributed by atoms with van der Waals surface area (Å²) < 4.78 is 0. The quantitative estimate of drug-likeness (QED) is 0.785. The summed E-state index contributed by atoms with van der Waals surface area (Å²) in [6.45, 7) is 2.01. The molecule has 1 fully saturated rings. The summed E-state index contributed by atoms with van der Waals surface area (Å²) in [5, 5.41) is 2.78. The second kappa shape index (κ2) is 4.23. The summed E-state index contributed by atoms with van der Waals surface area (Å²) in [7, 11) is 0. The van der Waals surface area contributed by atoms with Crippen LogP contribution in [0.15, 0.2) is 18.2 Å². The number of rotatable bonds is 3. The van der Waals surface area contributed by atoms with E-state index in [4.69, 9.17) is 11.6 Å². The van der Waals surface area contributed by atoms with E-state index in [0.29, 0.717) is 0 Å². The number of anilines is 1. The van der Waals surface area contributed by atoms with Gasteiger partial charge in [-0.3, -0.25) is 4.79 Å². The predicted molar refractivity (Wildman–Crippen MR) is 62.5 cm³/mol. The lowest BCUT2D eigenvalue weighted by Gasteiger charge is -2.08. The molecule has 0 aliphatic heterocycles. The lowest BCUT2D eigenvalue weighted by molar-refractivity contribution is -0.113. The van der Waals surface area contributed by atoms with Crippen molar-refractivity contribution in [3.8, 4) is 0 Å². The third kappa shape index (κ3) is 2.51. The number of carbonyl (C=O) groups excluding carboxylic acids is 1. The van der Waals surface area contributed by atoms with E-state index in [2.05, 4.69) is 17.4 Å². The molecule has 0 unspecified atom stereocenters. The van der Waals surface area contributed by atoms with Gasteiger partial charge in [-0.25, -0.2) is 0 Å². The number of nitrogens with one attached hydrogen (secondary N) is 1. The SMILES string of the molecule is Cc1cc(C2CC2)ccc1NC(=O)CCl. The molecule has 0 aromatic heterocycles. The van der Waals surface area contributed by atoms with Crippen molar-refractivity contribution >= 4 is 23.2 Å². The zero-order chi connectivity index (χ0) is 10.8. The van der Waals surface area contributed by atoms with Gasteiger partial charge in [0.15, 0.2) is 0 Å². The monoisotopic (exact) mass is 223 g/mol. The summed E-state index contributed by atoms with van der Waals surface area (Å²) in [5.74, 6) is 0.601. The largest absolute Gasteiger partial charge is 0.325 e. The molecular formula is C12H14ClNO. The van der Waals surface area contributed by atoms with Gasteiger partial charge in [0.2, 0.25) is 5.91 Å². The molecule has 80 valence electrons. The molecule has 1 aliphatic rings. The number of aryl methyl sites for hydroxylation is 1. The molecule has 0 saturated heterocycles. The van der Waals surface area contributed by atoms with E-state index in [9.17, 15) is 4.79 Å². The molecular weight excluding hydrogens is 210 g/mol. The van der Waals surface area contributed by atoms with Crippen molar-refractivity contribution in [1.29, 1.82) is 0 Å². The van der Waals surface area contributed by atoms with Crippen LogP contribution in [0.1, 0.15) is 29.9 Å². The highest BCUT2D eigenvalue weighted by Crippen LogP contribution is 2.40. The third-order valence-electron chi connectivity index (χ3n) is 2.69. The Morgan fingerprint density at radius 2 is 2.27 bits per heavy atom. The van der Waals surface area contributed by atoms with E-state index in [-0.39, 0.29) is 11.8 Å². The smallest absolute Gasteiger partial charge is 0.239 e. The van der Waals surface area contributed by atoms with Crippen LogP contribution in [0.5, 0.6) is 0 Å². The molecule has 2 nitrogen and oxygen atoms in total. The van der Waals surface area contributed by atoms with Crippen molar-refractivity contribution < 1.29 is 4.79 Å². The van der Waals surface area contributed by atoms with E-state index >= 15 is 0 Å². The van der Waals surface area contributed by atoms with Crippen molar-refractivity contribution in [3.05, 3.63) is 29.3 Å². The molecule has 1 aromatic carbocycles. The predicted octanol–water partition coefficient (Wildman–Crippen LogP) is 3.05. The lowest BCUT2D eigenvalue weighted by Crippen LogP contribution is -2.13. The first-order valence-electron chi connectivity index (χ1n) is 5.17. The van der Waals surface area contributed by atoms with Gasteiger partial charge < -0.3 is 5.32 Å². The van der Waals surface area contributed by atoms with Gasteiger partial charge in [0.1, 0.15) is 5.88 Å². The molecule has 0 atom stereocenters. The Morgan fingerprint density at radius 3 is 2.80 bits per heavy atom. The third-order valence-corrected chi connectivity index (χ3v) is 2.94.